The molecule has 0 saturated heterocycles. The van der Waals surface area contributed by atoms with Gasteiger partial charge in [-0.25, -0.2) is 4.79 Å². The van der Waals surface area contributed by atoms with Gasteiger partial charge in [0.25, 0.3) is 0 Å². The van der Waals surface area contributed by atoms with Gasteiger partial charge >= 0.3 is 6.09 Å². The van der Waals surface area contributed by atoms with Gasteiger partial charge in [-0.1, -0.05) is 12.8 Å². The summed E-state index contributed by atoms with van der Waals surface area (Å²) in [5, 5.41) is 9.96. The van der Waals surface area contributed by atoms with Crippen LogP contribution in [0.15, 0.2) is 0 Å². The van der Waals surface area contributed by atoms with Crippen molar-refractivity contribution in [3.63, 3.8) is 0 Å². The van der Waals surface area contributed by atoms with E-state index in [2.05, 4.69) is 4.74 Å². The van der Waals surface area contributed by atoms with Crippen molar-refractivity contribution in [2.45, 2.75) is 31.3 Å². The molecule has 1 fully saturated rings. The van der Waals surface area contributed by atoms with Crippen molar-refractivity contribution in [1.82, 2.24) is 4.90 Å². The second-order valence-corrected chi connectivity index (χ2v) is 3.76. The van der Waals surface area contributed by atoms with Gasteiger partial charge in [-0.3, -0.25) is 0 Å². The average Bonchev–Trinajstić information content (AvgIpc) is 2.50. The first-order valence-corrected chi connectivity index (χ1v) is 4.59. The van der Waals surface area contributed by atoms with Crippen LogP contribution >= 0.6 is 0 Å². The Balaban J connectivity index is 2.42. The average molecular weight is 187 g/mol. The number of nitrogens with zero attached hydrogens (tertiary/aromatic N) is 1. The molecule has 13 heavy (non-hydrogen) atoms. The van der Waals surface area contributed by atoms with Gasteiger partial charge in [-0.15, -0.1) is 0 Å². The summed E-state index contributed by atoms with van der Waals surface area (Å²) in [7, 11) is 2.99. The normalized spacial score (nSPS) is 19.9. The van der Waals surface area contributed by atoms with E-state index in [0.29, 0.717) is 6.54 Å². The highest BCUT2D eigenvalue weighted by Gasteiger charge is 2.33. The van der Waals surface area contributed by atoms with E-state index in [-0.39, 0.29) is 6.09 Å². The number of likely N-dealkylation sites (N-methyl/N-ethyl adjacent to an activating group) is 1. The van der Waals surface area contributed by atoms with Crippen LogP contribution in [0.4, 0.5) is 4.79 Å². The van der Waals surface area contributed by atoms with Gasteiger partial charge in [0.15, 0.2) is 0 Å². The number of aliphatic hydroxyl groups is 1. The molecule has 1 amide bonds. The van der Waals surface area contributed by atoms with E-state index in [4.69, 9.17) is 0 Å². The third-order valence-corrected chi connectivity index (χ3v) is 2.55. The lowest BCUT2D eigenvalue weighted by atomic mass is 10.0. The predicted molar refractivity (Wildman–Crippen MR) is 48.5 cm³/mol. The van der Waals surface area contributed by atoms with E-state index in [1.165, 1.54) is 12.0 Å². The molecule has 1 rings (SSSR count). The quantitative estimate of drug-likeness (QED) is 0.701. The van der Waals surface area contributed by atoms with Crippen LogP contribution in [0.5, 0.6) is 0 Å². The summed E-state index contributed by atoms with van der Waals surface area (Å²) in [6.07, 6.45) is 3.28. The van der Waals surface area contributed by atoms with Gasteiger partial charge in [0.05, 0.1) is 19.3 Å². The predicted octanol–water partition coefficient (Wildman–Crippen LogP) is 0.990. The van der Waals surface area contributed by atoms with E-state index in [1.807, 2.05) is 0 Å². The Kier molecular flexibility index (Phi) is 3.14. The third-order valence-electron chi connectivity index (χ3n) is 2.55. The monoisotopic (exact) mass is 187 g/mol. The second kappa shape index (κ2) is 3.96. The molecular formula is C9H17NO3. The maximum Gasteiger partial charge on any atom is 0.409 e. The molecule has 1 aliphatic rings. The number of carbonyl (C=O) groups is 1. The van der Waals surface area contributed by atoms with Crippen molar-refractivity contribution in [3.05, 3.63) is 0 Å². The van der Waals surface area contributed by atoms with Crippen molar-refractivity contribution in [2.24, 2.45) is 0 Å². The number of methoxy groups -OCH3 is 1. The van der Waals surface area contributed by atoms with E-state index >= 15 is 0 Å². The van der Waals surface area contributed by atoms with E-state index in [9.17, 15) is 9.90 Å². The van der Waals surface area contributed by atoms with Crippen molar-refractivity contribution in [3.8, 4) is 0 Å². The Morgan fingerprint density at radius 2 is 2.08 bits per heavy atom. The molecule has 0 aliphatic heterocycles. The fourth-order valence-corrected chi connectivity index (χ4v) is 1.85. The number of amides is 1. The topological polar surface area (TPSA) is 49.8 Å². The lowest BCUT2D eigenvalue weighted by Crippen LogP contribution is -2.41. The summed E-state index contributed by atoms with van der Waals surface area (Å²) in [5.41, 5.74) is -0.678. The van der Waals surface area contributed by atoms with Gasteiger partial charge < -0.3 is 14.7 Å². The van der Waals surface area contributed by atoms with Gasteiger partial charge in [-0.2, -0.15) is 0 Å². The standard InChI is InChI=1S/C9H17NO3/c1-10(8(11)13-2)7-9(12)5-3-4-6-9/h12H,3-7H2,1-2H3. The first-order valence-electron chi connectivity index (χ1n) is 4.59. The molecular weight excluding hydrogens is 170 g/mol. The molecule has 1 saturated carbocycles. The maximum atomic E-state index is 11.0. The van der Waals surface area contributed by atoms with Crippen LogP contribution < -0.4 is 0 Å². The molecule has 0 bridgehead atoms. The minimum Gasteiger partial charge on any atom is -0.453 e. The van der Waals surface area contributed by atoms with Crippen molar-refractivity contribution in [2.75, 3.05) is 20.7 Å². The lowest BCUT2D eigenvalue weighted by Gasteiger charge is -2.27. The fourth-order valence-electron chi connectivity index (χ4n) is 1.85. The zero-order valence-corrected chi connectivity index (χ0v) is 8.25. The smallest absolute Gasteiger partial charge is 0.409 e. The van der Waals surface area contributed by atoms with Crippen LogP contribution in [0.1, 0.15) is 25.7 Å². The summed E-state index contributed by atoms with van der Waals surface area (Å²) >= 11 is 0. The Morgan fingerprint density at radius 1 is 1.54 bits per heavy atom. The van der Waals surface area contributed by atoms with Crippen LogP contribution in [-0.4, -0.2) is 42.4 Å². The zero-order chi connectivity index (χ0) is 9.90. The number of carbonyl (C=O) groups excluding carboxylic acids is 1. The van der Waals surface area contributed by atoms with Crippen LogP contribution in [0, 0.1) is 0 Å². The fraction of sp³-hybridized carbons (Fsp3) is 0.889. The second-order valence-electron chi connectivity index (χ2n) is 3.76. The first kappa shape index (κ1) is 10.3. The lowest BCUT2D eigenvalue weighted by molar-refractivity contribution is 0.0157. The minimum atomic E-state index is -0.678. The summed E-state index contributed by atoms with van der Waals surface area (Å²) in [4.78, 5) is 12.5. The maximum absolute atomic E-state index is 11.0. The Morgan fingerprint density at radius 3 is 2.54 bits per heavy atom. The highest BCUT2D eigenvalue weighted by atomic mass is 16.5. The molecule has 0 radical (unpaired) electrons. The molecule has 0 aromatic heterocycles. The van der Waals surface area contributed by atoms with E-state index < -0.39 is 5.60 Å². The zero-order valence-electron chi connectivity index (χ0n) is 8.25. The third kappa shape index (κ3) is 2.59. The van der Waals surface area contributed by atoms with Crippen LogP contribution in [0.25, 0.3) is 0 Å². The molecule has 0 unspecified atom stereocenters. The van der Waals surface area contributed by atoms with Crippen LogP contribution in [-0.2, 0) is 4.74 Å². The van der Waals surface area contributed by atoms with Gasteiger partial charge in [0.2, 0.25) is 0 Å². The summed E-state index contributed by atoms with van der Waals surface area (Å²) in [6.45, 7) is 0.375. The van der Waals surface area contributed by atoms with Gasteiger partial charge in [0, 0.05) is 7.05 Å². The molecule has 4 nitrogen and oxygen atoms in total. The first-order chi connectivity index (χ1) is 6.07. The molecule has 0 atom stereocenters. The molecule has 0 aromatic carbocycles. The van der Waals surface area contributed by atoms with E-state index in [0.717, 1.165) is 25.7 Å². The van der Waals surface area contributed by atoms with Crippen LogP contribution in [0.3, 0.4) is 0 Å². The van der Waals surface area contributed by atoms with Crippen molar-refractivity contribution in [1.29, 1.82) is 0 Å². The molecule has 0 spiro atoms. The minimum absolute atomic E-state index is 0.375. The number of ether oxygens (including phenoxy) is 1. The summed E-state index contributed by atoms with van der Waals surface area (Å²) in [6, 6.07) is 0. The summed E-state index contributed by atoms with van der Waals surface area (Å²) < 4.78 is 4.54. The largest absolute Gasteiger partial charge is 0.453 e. The highest BCUT2D eigenvalue weighted by molar-refractivity contribution is 5.67. The molecule has 0 heterocycles. The molecule has 4 heteroatoms. The molecule has 0 aromatic rings. The van der Waals surface area contributed by atoms with E-state index in [1.54, 1.807) is 7.05 Å². The van der Waals surface area contributed by atoms with Crippen molar-refractivity contribution >= 4 is 6.09 Å². The Hall–Kier alpha value is -0.770. The summed E-state index contributed by atoms with van der Waals surface area (Å²) in [5.74, 6) is 0. The van der Waals surface area contributed by atoms with Crippen LogP contribution in [0.2, 0.25) is 0 Å². The SMILES string of the molecule is COC(=O)N(C)CC1(O)CCCC1. The van der Waals surface area contributed by atoms with Gasteiger partial charge in [-0.05, 0) is 12.8 Å². The molecule has 76 valence electrons. The van der Waals surface area contributed by atoms with Crippen molar-refractivity contribution < 1.29 is 14.6 Å². The highest BCUT2D eigenvalue weighted by Crippen LogP contribution is 2.29. The molecule has 1 aliphatic carbocycles. The number of rotatable bonds is 2. The molecule has 1 N–H and O–H groups in total. The Labute approximate surface area is 78.5 Å². The number of hydrogen-bond donors (Lipinski definition) is 1. The number of hydrogen-bond acceptors (Lipinski definition) is 3. The Bertz CT molecular complexity index is 187. The van der Waals surface area contributed by atoms with Gasteiger partial charge in [0.1, 0.15) is 0 Å².